The van der Waals surface area contributed by atoms with Crippen molar-refractivity contribution in [3.8, 4) is 10.4 Å². The van der Waals surface area contributed by atoms with Crippen LogP contribution in [0.15, 0.2) is 73.6 Å². The third-order valence-corrected chi connectivity index (χ3v) is 6.98. The second-order valence-corrected chi connectivity index (χ2v) is 9.88. The number of aromatic nitrogens is 4. The van der Waals surface area contributed by atoms with Crippen molar-refractivity contribution in [1.82, 2.24) is 36.0 Å². The topological polar surface area (TPSA) is 189 Å². The van der Waals surface area contributed by atoms with E-state index in [2.05, 4.69) is 41.2 Å². The van der Waals surface area contributed by atoms with Crippen molar-refractivity contribution < 1.29 is 14.4 Å². The lowest BCUT2D eigenvalue weighted by atomic mass is 10.1. The summed E-state index contributed by atoms with van der Waals surface area (Å²) in [7, 11) is 0. The molecule has 212 valence electrons. The molecule has 1 aliphatic rings. The van der Waals surface area contributed by atoms with Gasteiger partial charge in [-0.25, -0.2) is 20.6 Å². The first-order valence-corrected chi connectivity index (χ1v) is 13.7. The number of benzene rings is 1. The van der Waals surface area contributed by atoms with Gasteiger partial charge in [0.05, 0.1) is 18.0 Å². The van der Waals surface area contributed by atoms with Gasteiger partial charge < -0.3 is 10.6 Å². The highest BCUT2D eigenvalue weighted by atomic mass is 32.1. The number of nitrogen functional groups attached to an aromatic ring is 1. The van der Waals surface area contributed by atoms with Gasteiger partial charge in [-0.2, -0.15) is 0 Å². The molecule has 13 nitrogen and oxygen atoms in total. The second-order valence-electron chi connectivity index (χ2n) is 8.82. The second kappa shape index (κ2) is 15.1. The number of amides is 4. The number of carbonyl (C=O) groups excluding carboxylic acids is 3. The molecule has 0 aliphatic carbocycles. The molecule has 0 bridgehead atoms. The van der Waals surface area contributed by atoms with E-state index in [-0.39, 0.29) is 17.6 Å². The van der Waals surface area contributed by atoms with Gasteiger partial charge in [-0.1, -0.05) is 36.8 Å². The van der Waals surface area contributed by atoms with Crippen LogP contribution in [0.3, 0.4) is 0 Å². The molecule has 5 rings (SSSR count). The summed E-state index contributed by atoms with van der Waals surface area (Å²) in [5.74, 6) is 4.54. The number of carbonyl (C=O) groups is 3. The Labute approximate surface area is 240 Å². The Morgan fingerprint density at radius 2 is 1.71 bits per heavy atom. The van der Waals surface area contributed by atoms with Crippen molar-refractivity contribution in [3.63, 3.8) is 0 Å². The monoisotopic (exact) mass is 574 g/mol. The van der Waals surface area contributed by atoms with Gasteiger partial charge in [0.2, 0.25) is 0 Å². The van der Waals surface area contributed by atoms with E-state index in [1.54, 1.807) is 0 Å². The van der Waals surface area contributed by atoms with E-state index in [9.17, 15) is 14.4 Å². The van der Waals surface area contributed by atoms with Crippen molar-refractivity contribution in [2.24, 2.45) is 5.84 Å². The van der Waals surface area contributed by atoms with Gasteiger partial charge in [-0.05, 0) is 31.0 Å². The Morgan fingerprint density at radius 3 is 2.41 bits per heavy atom. The number of hydrogen-bond donors (Lipinski definition) is 6. The van der Waals surface area contributed by atoms with Crippen LogP contribution in [0, 0.1) is 0 Å². The SMILES string of the molecule is NNC(=O)c1cnccn1.O=C(Nc1cnccn1)Nc1sc(-c2ccccc2)cc1C(=O)N[C@H]1CCCCNC1. The maximum Gasteiger partial charge on any atom is 0.325 e. The molecular formula is C27H30N10O3S. The van der Waals surface area contributed by atoms with Crippen molar-refractivity contribution in [2.45, 2.75) is 25.3 Å². The van der Waals surface area contributed by atoms with Crippen LogP contribution in [-0.4, -0.2) is 56.9 Å². The number of hydrogen-bond acceptors (Lipinski definition) is 10. The van der Waals surface area contributed by atoms with Crippen molar-refractivity contribution >= 4 is 40.0 Å². The van der Waals surface area contributed by atoms with E-state index in [4.69, 9.17) is 5.84 Å². The molecule has 1 fully saturated rings. The molecule has 4 aromatic rings. The number of rotatable bonds is 6. The van der Waals surface area contributed by atoms with Gasteiger partial charge in [-0.15, -0.1) is 11.3 Å². The van der Waals surface area contributed by atoms with Gasteiger partial charge in [-0.3, -0.25) is 35.6 Å². The molecule has 0 radical (unpaired) electrons. The molecule has 1 saturated heterocycles. The molecule has 4 amide bonds. The van der Waals surface area contributed by atoms with E-state index < -0.39 is 11.9 Å². The Balaban J connectivity index is 0.000000328. The maximum atomic E-state index is 13.1. The van der Waals surface area contributed by atoms with Gasteiger partial charge in [0.1, 0.15) is 10.7 Å². The number of urea groups is 1. The van der Waals surface area contributed by atoms with Gasteiger partial charge in [0.25, 0.3) is 11.8 Å². The molecule has 0 unspecified atom stereocenters. The molecule has 41 heavy (non-hydrogen) atoms. The largest absolute Gasteiger partial charge is 0.348 e. The summed E-state index contributed by atoms with van der Waals surface area (Å²) < 4.78 is 0. The standard InChI is InChI=1S/C22H24N6O2S.C5H6N4O/c29-20(26-16-8-4-5-9-23-13-16)17-12-18(15-6-2-1-3-7-15)31-21(17)28-22(30)27-19-14-24-10-11-25-19;6-9-5(10)4-3-7-1-2-8-4/h1-3,6-7,10-12,14,16,23H,4-5,8-9,13H2,(H,26,29)(H2,25,27,28,30);1-3H,6H2,(H,9,10)/t16-;/m0./s1. The van der Waals surface area contributed by atoms with Crippen molar-refractivity contribution in [1.29, 1.82) is 0 Å². The first-order chi connectivity index (χ1) is 20.0. The van der Waals surface area contributed by atoms with Crippen molar-refractivity contribution in [2.75, 3.05) is 23.7 Å². The Bertz CT molecular complexity index is 1410. The number of nitrogens with two attached hydrogens (primary N) is 1. The van der Waals surface area contributed by atoms with E-state index >= 15 is 0 Å². The number of anilines is 2. The molecule has 1 atom stereocenters. The van der Waals surface area contributed by atoms with Gasteiger partial charge in [0, 0.05) is 42.3 Å². The lowest BCUT2D eigenvalue weighted by Crippen LogP contribution is -2.41. The highest BCUT2D eigenvalue weighted by Crippen LogP contribution is 2.35. The Kier molecular flexibility index (Phi) is 10.8. The fourth-order valence-corrected chi connectivity index (χ4v) is 4.96. The van der Waals surface area contributed by atoms with E-state index in [0.717, 1.165) is 42.8 Å². The predicted molar refractivity (Wildman–Crippen MR) is 156 cm³/mol. The van der Waals surface area contributed by atoms with Crippen LogP contribution < -0.4 is 32.5 Å². The first-order valence-electron chi connectivity index (χ1n) is 12.9. The summed E-state index contributed by atoms with van der Waals surface area (Å²) in [5, 5.41) is 12.4. The van der Waals surface area contributed by atoms with Gasteiger partial charge >= 0.3 is 6.03 Å². The maximum absolute atomic E-state index is 13.1. The Hall–Kier alpha value is -4.79. The molecule has 1 aliphatic heterocycles. The van der Waals surface area contributed by atoms with Crippen LogP contribution in [-0.2, 0) is 0 Å². The summed E-state index contributed by atoms with van der Waals surface area (Å²) >= 11 is 1.36. The lowest BCUT2D eigenvalue weighted by molar-refractivity contribution is 0.0932. The van der Waals surface area contributed by atoms with Crippen LogP contribution in [0.5, 0.6) is 0 Å². The van der Waals surface area contributed by atoms with Crippen LogP contribution in [0.2, 0.25) is 0 Å². The number of thiophene rings is 1. The zero-order chi connectivity index (χ0) is 28.9. The minimum atomic E-state index is -0.479. The van der Waals surface area contributed by atoms with E-state index in [1.807, 2.05) is 41.8 Å². The average Bonchev–Trinajstić information content (AvgIpc) is 3.26. The fourth-order valence-electron chi connectivity index (χ4n) is 3.91. The highest BCUT2D eigenvalue weighted by Gasteiger charge is 2.22. The zero-order valence-electron chi connectivity index (χ0n) is 22.0. The zero-order valence-corrected chi connectivity index (χ0v) is 22.9. The summed E-state index contributed by atoms with van der Waals surface area (Å²) in [4.78, 5) is 52.5. The molecule has 3 aromatic heterocycles. The minimum absolute atomic E-state index is 0.0661. The highest BCUT2D eigenvalue weighted by molar-refractivity contribution is 7.20. The molecule has 0 spiro atoms. The fraction of sp³-hybridized carbons (Fsp3) is 0.222. The van der Waals surface area contributed by atoms with E-state index in [0.29, 0.717) is 16.4 Å². The summed E-state index contributed by atoms with van der Waals surface area (Å²) in [5.41, 5.74) is 3.59. The van der Waals surface area contributed by atoms with Gasteiger partial charge in [0.15, 0.2) is 5.82 Å². The third-order valence-electron chi connectivity index (χ3n) is 5.88. The Morgan fingerprint density at radius 1 is 0.927 bits per heavy atom. The molecule has 14 heteroatoms. The van der Waals surface area contributed by atoms with E-state index in [1.165, 1.54) is 48.5 Å². The average molecular weight is 575 g/mol. The smallest absolute Gasteiger partial charge is 0.325 e. The summed E-state index contributed by atoms with van der Waals surface area (Å²) in [6.45, 7) is 1.72. The molecule has 1 aromatic carbocycles. The number of nitrogens with zero attached hydrogens (tertiary/aromatic N) is 4. The number of hydrazine groups is 1. The quantitative estimate of drug-likeness (QED) is 0.114. The van der Waals surface area contributed by atoms with Crippen LogP contribution in [0.1, 0.15) is 40.1 Å². The molecule has 0 saturated carbocycles. The lowest BCUT2D eigenvalue weighted by Gasteiger charge is -2.16. The predicted octanol–water partition coefficient (Wildman–Crippen LogP) is 2.80. The minimum Gasteiger partial charge on any atom is -0.348 e. The van der Waals surface area contributed by atoms with Crippen molar-refractivity contribution in [3.05, 3.63) is 84.8 Å². The van der Waals surface area contributed by atoms with Crippen LogP contribution in [0.4, 0.5) is 15.6 Å². The molecular weight excluding hydrogens is 544 g/mol. The van der Waals surface area contributed by atoms with Crippen LogP contribution in [0.25, 0.3) is 10.4 Å². The third kappa shape index (κ3) is 8.86. The van der Waals surface area contributed by atoms with Crippen LogP contribution >= 0.6 is 11.3 Å². The summed E-state index contributed by atoms with van der Waals surface area (Å²) in [6.07, 6.45) is 11.8. The molecule has 7 N–H and O–H groups in total. The first kappa shape index (κ1) is 29.2. The normalized spacial score (nSPS) is 14.4. The molecule has 4 heterocycles. The number of nitrogens with one attached hydrogen (secondary N) is 5. The summed E-state index contributed by atoms with van der Waals surface area (Å²) in [6, 6.07) is 11.2.